The molecule has 0 aromatic rings. The largest absolute Gasteiger partial charge is 0.298 e. The number of hydrogen-bond donors (Lipinski definition) is 0. The molecule has 1 saturated heterocycles. The van der Waals surface area contributed by atoms with Gasteiger partial charge in [-0.25, -0.2) is 0 Å². The van der Waals surface area contributed by atoms with E-state index in [-0.39, 0.29) is 0 Å². The molecule has 100 valence electrons. The van der Waals surface area contributed by atoms with E-state index in [1.807, 2.05) is 0 Å². The molecule has 0 radical (unpaired) electrons. The predicted molar refractivity (Wildman–Crippen MR) is 75.1 cm³/mol. The Kier molecular flexibility index (Phi) is 3.36. The number of fused-ring (bicyclic) bond motifs is 1. The summed E-state index contributed by atoms with van der Waals surface area (Å²) in [7, 11) is 0. The lowest BCUT2D eigenvalue weighted by Crippen LogP contribution is -2.40. The van der Waals surface area contributed by atoms with Gasteiger partial charge in [-0.2, -0.15) is 0 Å². The molecule has 17 heavy (non-hydrogen) atoms. The van der Waals surface area contributed by atoms with Crippen molar-refractivity contribution in [1.29, 1.82) is 0 Å². The van der Waals surface area contributed by atoms with E-state index in [1.54, 1.807) is 0 Å². The van der Waals surface area contributed by atoms with Crippen LogP contribution >= 0.6 is 0 Å². The Bertz CT molecular complexity index is 268. The molecule has 0 aromatic heterocycles. The Morgan fingerprint density at radius 1 is 0.882 bits per heavy atom. The molecule has 2 rings (SSSR count). The van der Waals surface area contributed by atoms with E-state index in [4.69, 9.17) is 0 Å². The average molecular weight is 237 g/mol. The van der Waals surface area contributed by atoms with E-state index < -0.39 is 0 Å². The van der Waals surface area contributed by atoms with Gasteiger partial charge in [0.1, 0.15) is 0 Å². The van der Waals surface area contributed by atoms with E-state index in [0.29, 0.717) is 11.0 Å². The summed E-state index contributed by atoms with van der Waals surface area (Å²) in [6.45, 7) is 17.1. The molecule has 0 aromatic carbocycles. The first-order valence-electron chi connectivity index (χ1n) is 7.44. The Hall–Kier alpha value is -0.0400. The predicted octanol–water partition coefficient (Wildman–Crippen LogP) is 4.18. The Labute approximate surface area is 108 Å². The van der Waals surface area contributed by atoms with Gasteiger partial charge in [-0.05, 0) is 56.8 Å². The van der Waals surface area contributed by atoms with Crippen molar-refractivity contribution < 1.29 is 0 Å². The Balaban J connectivity index is 2.12. The standard InChI is InChI=1S/C16H31N/c1-15(2,3)14-9-7-8-12-10-17(11-13(12)14)16(4,5)6/h12-14H,7-11H2,1-6H3. The van der Waals surface area contributed by atoms with Gasteiger partial charge in [0.25, 0.3) is 0 Å². The smallest absolute Gasteiger partial charge is 0.0125 e. The summed E-state index contributed by atoms with van der Waals surface area (Å²) in [6.07, 6.45) is 4.40. The minimum atomic E-state index is 0.361. The molecule has 3 unspecified atom stereocenters. The van der Waals surface area contributed by atoms with Gasteiger partial charge in [0.05, 0.1) is 0 Å². The molecule has 3 atom stereocenters. The summed E-state index contributed by atoms with van der Waals surface area (Å²) in [5.74, 6) is 2.88. The minimum Gasteiger partial charge on any atom is -0.298 e. The van der Waals surface area contributed by atoms with E-state index >= 15 is 0 Å². The highest BCUT2D eigenvalue weighted by Gasteiger charge is 2.46. The van der Waals surface area contributed by atoms with Gasteiger partial charge in [-0.1, -0.05) is 27.2 Å². The van der Waals surface area contributed by atoms with Crippen LogP contribution in [0.4, 0.5) is 0 Å². The first-order chi connectivity index (χ1) is 7.69. The molecule has 1 heteroatoms. The van der Waals surface area contributed by atoms with Crippen LogP contribution in [-0.4, -0.2) is 23.5 Å². The zero-order valence-corrected chi connectivity index (χ0v) is 12.7. The summed E-state index contributed by atoms with van der Waals surface area (Å²) in [6, 6.07) is 0. The topological polar surface area (TPSA) is 3.24 Å². The van der Waals surface area contributed by atoms with E-state index in [2.05, 4.69) is 46.4 Å². The van der Waals surface area contributed by atoms with Crippen molar-refractivity contribution in [3.8, 4) is 0 Å². The third-order valence-corrected chi connectivity index (χ3v) is 5.16. The molecule has 1 heterocycles. The lowest BCUT2D eigenvalue weighted by molar-refractivity contribution is 0.0845. The van der Waals surface area contributed by atoms with Crippen molar-refractivity contribution in [2.75, 3.05) is 13.1 Å². The number of hydrogen-bond acceptors (Lipinski definition) is 1. The highest BCUT2D eigenvalue weighted by Crippen LogP contribution is 2.48. The van der Waals surface area contributed by atoms with Gasteiger partial charge in [0.15, 0.2) is 0 Å². The van der Waals surface area contributed by atoms with Crippen LogP contribution in [0.25, 0.3) is 0 Å². The third kappa shape index (κ3) is 2.70. The van der Waals surface area contributed by atoms with Crippen LogP contribution in [0, 0.1) is 23.2 Å². The van der Waals surface area contributed by atoms with Crippen LogP contribution in [0.2, 0.25) is 0 Å². The van der Waals surface area contributed by atoms with Crippen molar-refractivity contribution in [2.45, 2.75) is 66.3 Å². The summed E-state index contributed by atoms with van der Waals surface area (Å²) >= 11 is 0. The van der Waals surface area contributed by atoms with Crippen molar-refractivity contribution in [1.82, 2.24) is 4.90 Å². The van der Waals surface area contributed by atoms with Crippen molar-refractivity contribution >= 4 is 0 Å². The van der Waals surface area contributed by atoms with Gasteiger partial charge in [-0.15, -0.1) is 0 Å². The molecular formula is C16H31N. The van der Waals surface area contributed by atoms with E-state index in [0.717, 1.165) is 17.8 Å². The first-order valence-corrected chi connectivity index (χ1v) is 7.44. The maximum absolute atomic E-state index is 2.73. The molecule has 0 spiro atoms. The average Bonchev–Trinajstić information content (AvgIpc) is 2.57. The number of likely N-dealkylation sites (tertiary alicyclic amines) is 1. The molecule has 1 nitrogen and oxygen atoms in total. The molecule has 1 saturated carbocycles. The van der Waals surface area contributed by atoms with Crippen molar-refractivity contribution in [3.63, 3.8) is 0 Å². The zero-order chi connectivity index (χ0) is 12.8. The van der Waals surface area contributed by atoms with E-state index in [1.165, 1.54) is 32.4 Å². The normalized spacial score (nSPS) is 36.0. The molecule has 0 amide bonds. The lowest BCUT2D eigenvalue weighted by atomic mass is 9.64. The fraction of sp³-hybridized carbons (Fsp3) is 1.00. The molecule has 0 bridgehead atoms. The molecule has 0 N–H and O–H groups in total. The van der Waals surface area contributed by atoms with Crippen LogP contribution in [0.3, 0.4) is 0 Å². The van der Waals surface area contributed by atoms with Crippen LogP contribution in [-0.2, 0) is 0 Å². The zero-order valence-electron chi connectivity index (χ0n) is 12.7. The highest BCUT2D eigenvalue weighted by molar-refractivity contribution is 4.97. The highest BCUT2D eigenvalue weighted by atomic mass is 15.2. The lowest BCUT2D eigenvalue weighted by Gasteiger charge is -2.41. The fourth-order valence-electron chi connectivity index (χ4n) is 4.09. The van der Waals surface area contributed by atoms with Gasteiger partial charge < -0.3 is 0 Å². The van der Waals surface area contributed by atoms with E-state index in [9.17, 15) is 0 Å². The first kappa shape index (κ1) is 13.4. The monoisotopic (exact) mass is 237 g/mol. The molecule has 2 aliphatic rings. The molecular weight excluding hydrogens is 206 g/mol. The van der Waals surface area contributed by atoms with Gasteiger partial charge in [-0.3, -0.25) is 4.90 Å². The maximum atomic E-state index is 2.73. The molecule has 1 aliphatic heterocycles. The Morgan fingerprint density at radius 2 is 1.53 bits per heavy atom. The van der Waals surface area contributed by atoms with Crippen LogP contribution in [0.5, 0.6) is 0 Å². The number of nitrogens with zero attached hydrogens (tertiary/aromatic N) is 1. The quantitative estimate of drug-likeness (QED) is 0.611. The summed E-state index contributed by atoms with van der Waals surface area (Å²) in [5, 5.41) is 0. The van der Waals surface area contributed by atoms with Crippen LogP contribution in [0.15, 0.2) is 0 Å². The van der Waals surface area contributed by atoms with Crippen LogP contribution < -0.4 is 0 Å². The van der Waals surface area contributed by atoms with Crippen molar-refractivity contribution in [3.05, 3.63) is 0 Å². The second-order valence-corrected chi connectivity index (χ2v) is 8.40. The minimum absolute atomic E-state index is 0.361. The van der Waals surface area contributed by atoms with Gasteiger partial charge in [0, 0.05) is 18.6 Å². The third-order valence-electron chi connectivity index (χ3n) is 5.16. The van der Waals surface area contributed by atoms with Crippen molar-refractivity contribution in [2.24, 2.45) is 23.2 Å². The molecule has 2 fully saturated rings. The maximum Gasteiger partial charge on any atom is 0.0125 e. The van der Waals surface area contributed by atoms with Gasteiger partial charge in [0.2, 0.25) is 0 Å². The fourth-order valence-corrected chi connectivity index (χ4v) is 4.09. The second-order valence-electron chi connectivity index (χ2n) is 8.40. The van der Waals surface area contributed by atoms with Gasteiger partial charge >= 0.3 is 0 Å². The Morgan fingerprint density at radius 3 is 2.06 bits per heavy atom. The molecule has 1 aliphatic carbocycles. The summed E-state index contributed by atoms with van der Waals surface area (Å²) < 4.78 is 0. The van der Waals surface area contributed by atoms with Crippen LogP contribution in [0.1, 0.15) is 60.8 Å². The SMILES string of the molecule is CC(C)(C)C1CCCC2CN(C(C)(C)C)CC21. The summed E-state index contributed by atoms with van der Waals surface area (Å²) in [5.41, 5.74) is 0.858. The second kappa shape index (κ2) is 4.26. The number of rotatable bonds is 0. The summed E-state index contributed by atoms with van der Waals surface area (Å²) in [4.78, 5) is 2.73.